The van der Waals surface area contributed by atoms with Gasteiger partial charge in [0.05, 0.1) is 52.7 Å². The summed E-state index contributed by atoms with van der Waals surface area (Å²) in [5, 5.41) is 11.5. The van der Waals surface area contributed by atoms with Gasteiger partial charge in [-0.05, 0) is 59.7 Å². The summed E-state index contributed by atoms with van der Waals surface area (Å²) in [6.45, 7) is 1.72. The van der Waals surface area contributed by atoms with Gasteiger partial charge in [-0.25, -0.2) is 9.97 Å². The van der Waals surface area contributed by atoms with Crippen molar-refractivity contribution < 1.29 is 48.0 Å². The number of amides is 1. The molecule has 1 aliphatic heterocycles. The van der Waals surface area contributed by atoms with Crippen LogP contribution in [0.4, 0.5) is 0 Å². The number of nitrogens with zero attached hydrogens (tertiary/aromatic N) is 3. The number of halogens is 2. The summed E-state index contributed by atoms with van der Waals surface area (Å²) in [7, 11) is 5.48. The van der Waals surface area contributed by atoms with Gasteiger partial charge in [-0.1, -0.05) is 92.5 Å². The molecule has 1 aliphatic rings. The quantitative estimate of drug-likeness (QED) is 0.0937. The van der Waals surface area contributed by atoms with Crippen molar-refractivity contribution in [1.82, 2.24) is 14.9 Å². The van der Waals surface area contributed by atoms with Gasteiger partial charge in [-0.2, -0.15) is 0 Å². The highest BCUT2D eigenvalue weighted by molar-refractivity contribution is 9.10. The van der Waals surface area contributed by atoms with Gasteiger partial charge in [0.15, 0.2) is 5.92 Å². The van der Waals surface area contributed by atoms with Crippen LogP contribution >= 0.6 is 31.9 Å². The Balaban J connectivity index is 0.000000207. The Hall–Kier alpha value is -5.90. The Bertz CT molecular complexity index is 2520. The van der Waals surface area contributed by atoms with Crippen molar-refractivity contribution in [2.45, 2.75) is 11.8 Å². The zero-order valence-corrected chi connectivity index (χ0v) is 36.9. The Morgan fingerprint density at radius 3 is 1.46 bits per heavy atom. The summed E-state index contributed by atoms with van der Waals surface area (Å²) in [5.41, 5.74) is 4.03. The molecule has 0 saturated carbocycles. The van der Waals surface area contributed by atoms with Crippen molar-refractivity contribution in [2.24, 2.45) is 11.8 Å². The predicted octanol–water partition coefficient (Wildman–Crippen LogP) is 7.80. The minimum absolute atomic E-state index is 0.263. The molecule has 1 saturated heterocycles. The van der Waals surface area contributed by atoms with E-state index in [0.717, 1.165) is 30.8 Å². The largest absolute Gasteiger partial charge is 0.481 e. The Morgan fingerprint density at radius 2 is 1.05 bits per heavy atom. The summed E-state index contributed by atoms with van der Waals surface area (Å²) >= 11 is 6.94. The molecule has 316 valence electrons. The van der Waals surface area contributed by atoms with E-state index in [4.69, 9.17) is 23.7 Å². The molecule has 15 heteroatoms. The standard InChI is InChI=1S/C25H25BrN2O5.C21H18BrNO5/c1-31-23-19(15-17-14-18(26)8-9-20(17)27-23)21(16-6-4-3-5-7-16)22(25(30)32-2)24(29)28-10-12-33-13-11-28;1-27-19-15(11-13-10-14(22)8-9-16(13)23-19)17(12-6-4-3-5-7-12)18(20(24)25)21(26)28-2/h3-9,14-15,21-22H,10-13H2,1-2H3;3-11,17-18H,1-2H3,(H,24,25). The van der Waals surface area contributed by atoms with Crippen LogP contribution in [-0.2, 0) is 33.4 Å². The molecule has 13 nitrogen and oxygen atoms in total. The molecule has 1 amide bonds. The molecule has 1 N–H and O–H groups in total. The fourth-order valence-electron chi connectivity index (χ4n) is 7.48. The minimum Gasteiger partial charge on any atom is -0.481 e. The number of esters is 2. The third kappa shape index (κ3) is 10.2. The van der Waals surface area contributed by atoms with E-state index in [0.29, 0.717) is 54.4 Å². The van der Waals surface area contributed by atoms with E-state index >= 15 is 0 Å². The number of morpholine rings is 1. The van der Waals surface area contributed by atoms with Crippen LogP contribution < -0.4 is 9.47 Å². The number of ether oxygens (including phenoxy) is 5. The first-order valence-electron chi connectivity index (χ1n) is 19.1. The number of methoxy groups -OCH3 is 4. The summed E-state index contributed by atoms with van der Waals surface area (Å²) in [4.78, 5) is 62.1. The lowest BCUT2D eigenvalue weighted by molar-refractivity contribution is -0.158. The molecule has 7 rings (SSSR count). The summed E-state index contributed by atoms with van der Waals surface area (Å²) < 4.78 is 28.2. The number of rotatable bonds is 12. The van der Waals surface area contributed by atoms with Crippen molar-refractivity contribution in [1.29, 1.82) is 0 Å². The number of carboxylic acids is 1. The number of carbonyl (C=O) groups excluding carboxylic acids is 3. The SMILES string of the molecule is COC(=O)C(C(=O)N1CCOCC1)C(c1ccccc1)c1cc2cc(Br)ccc2nc1OC.COC(=O)C(C(=O)O)C(c1ccccc1)c1cc2cc(Br)ccc2nc1OC. The fourth-order valence-corrected chi connectivity index (χ4v) is 8.24. The van der Waals surface area contributed by atoms with Gasteiger partial charge in [0.2, 0.25) is 17.7 Å². The van der Waals surface area contributed by atoms with Crippen LogP contribution in [0.2, 0.25) is 0 Å². The van der Waals surface area contributed by atoms with E-state index in [9.17, 15) is 24.3 Å². The van der Waals surface area contributed by atoms with Gasteiger partial charge >= 0.3 is 17.9 Å². The van der Waals surface area contributed by atoms with E-state index in [1.807, 2.05) is 84.9 Å². The third-order valence-electron chi connectivity index (χ3n) is 10.3. The van der Waals surface area contributed by atoms with Crippen LogP contribution in [0.3, 0.4) is 0 Å². The molecule has 0 bridgehead atoms. The zero-order valence-electron chi connectivity index (χ0n) is 33.7. The van der Waals surface area contributed by atoms with Gasteiger partial charge in [0, 0.05) is 55.8 Å². The first-order valence-corrected chi connectivity index (χ1v) is 20.7. The molecule has 4 atom stereocenters. The van der Waals surface area contributed by atoms with Crippen LogP contribution in [0, 0.1) is 11.8 Å². The lowest BCUT2D eigenvalue weighted by Gasteiger charge is -2.33. The van der Waals surface area contributed by atoms with Crippen molar-refractivity contribution >= 4 is 77.5 Å². The van der Waals surface area contributed by atoms with E-state index in [-0.39, 0.29) is 11.8 Å². The first kappa shape index (κ1) is 44.6. The molecule has 6 aromatic rings. The zero-order chi connectivity index (χ0) is 43.6. The molecule has 3 heterocycles. The van der Waals surface area contributed by atoms with Crippen LogP contribution in [0.5, 0.6) is 11.8 Å². The number of aromatic nitrogens is 2. The van der Waals surface area contributed by atoms with Gasteiger partial charge < -0.3 is 33.7 Å². The van der Waals surface area contributed by atoms with Crippen LogP contribution in [-0.4, -0.2) is 98.5 Å². The minimum atomic E-state index is -1.45. The maximum absolute atomic E-state index is 13.7. The Kier molecular flexibility index (Phi) is 15.1. The highest BCUT2D eigenvalue weighted by atomic mass is 79.9. The number of carboxylic acid groups (broad SMARTS) is 1. The van der Waals surface area contributed by atoms with E-state index in [1.165, 1.54) is 28.4 Å². The van der Waals surface area contributed by atoms with Crippen molar-refractivity contribution in [3.05, 3.63) is 140 Å². The molecule has 2 aromatic heterocycles. The fraction of sp³-hybridized carbons (Fsp3) is 0.261. The lowest BCUT2D eigenvalue weighted by atomic mass is 9.79. The molecular formula is C46H43Br2N3O10. The van der Waals surface area contributed by atoms with Crippen molar-refractivity contribution in [3.63, 3.8) is 0 Å². The number of benzene rings is 4. The van der Waals surface area contributed by atoms with E-state index in [2.05, 4.69) is 41.8 Å². The molecule has 61 heavy (non-hydrogen) atoms. The monoisotopic (exact) mass is 955 g/mol. The number of hydrogen-bond donors (Lipinski definition) is 1. The van der Waals surface area contributed by atoms with Gasteiger partial charge in [-0.3, -0.25) is 19.2 Å². The van der Waals surface area contributed by atoms with E-state index in [1.54, 1.807) is 29.2 Å². The second-order valence-corrected chi connectivity index (χ2v) is 15.7. The number of carbonyl (C=O) groups is 4. The van der Waals surface area contributed by atoms with E-state index < -0.39 is 41.6 Å². The number of hydrogen-bond acceptors (Lipinski definition) is 11. The summed E-state index contributed by atoms with van der Waals surface area (Å²) in [6.07, 6.45) is 0. The third-order valence-corrected chi connectivity index (χ3v) is 11.3. The number of aliphatic carboxylic acids is 1. The van der Waals surface area contributed by atoms with Gasteiger partial charge in [-0.15, -0.1) is 0 Å². The van der Waals surface area contributed by atoms with Gasteiger partial charge in [0.25, 0.3) is 0 Å². The highest BCUT2D eigenvalue weighted by Crippen LogP contribution is 2.41. The van der Waals surface area contributed by atoms with Crippen LogP contribution in [0.15, 0.2) is 118 Å². The highest BCUT2D eigenvalue weighted by Gasteiger charge is 2.43. The second kappa shape index (κ2) is 20.6. The normalized spacial score (nSPS) is 14.4. The van der Waals surface area contributed by atoms with Crippen LogP contribution in [0.1, 0.15) is 34.1 Å². The smallest absolute Gasteiger partial charge is 0.321 e. The molecule has 0 spiro atoms. The Morgan fingerprint density at radius 1 is 0.623 bits per heavy atom. The summed E-state index contributed by atoms with van der Waals surface area (Å²) in [6, 6.07) is 33.5. The maximum Gasteiger partial charge on any atom is 0.321 e. The lowest BCUT2D eigenvalue weighted by Crippen LogP contribution is -2.47. The first-order chi connectivity index (χ1) is 29.5. The second-order valence-electron chi connectivity index (χ2n) is 13.9. The average molecular weight is 958 g/mol. The van der Waals surface area contributed by atoms with Gasteiger partial charge in [0.1, 0.15) is 5.92 Å². The molecule has 4 unspecified atom stereocenters. The maximum atomic E-state index is 13.7. The Labute approximate surface area is 369 Å². The summed E-state index contributed by atoms with van der Waals surface area (Å²) in [5.74, 6) is -6.43. The topological polar surface area (TPSA) is 164 Å². The molecule has 0 aliphatic carbocycles. The predicted molar refractivity (Wildman–Crippen MR) is 235 cm³/mol. The molecule has 1 fully saturated rings. The molecule has 0 radical (unpaired) electrons. The van der Waals surface area contributed by atoms with Crippen LogP contribution in [0.25, 0.3) is 21.8 Å². The van der Waals surface area contributed by atoms with Crippen molar-refractivity contribution in [3.8, 4) is 11.8 Å². The van der Waals surface area contributed by atoms with Crippen molar-refractivity contribution in [2.75, 3.05) is 54.7 Å². The molecular weight excluding hydrogens is 914 g/mol. The molecule has 4 aromatic carbocycles. The number of pyridine rings is 2. The number of fused-ring (bicyclic) bond motifs is 2. The average Bonchev–Trinajstić information content (AvgIpc) is 3.29.